The Morgan fingerprint density at radius 2 is 2.17 bits per heavy atom. The van der Waals surface area contributed by atoms with E-state index < -0.39 is 5.91 Å². The molecule has 0 aromatic carbocycles. The van der Waals surface area contributed by atoms with Crippen LogP contribution in [0.4, 0.5) is 5.82 Å². The average Bonchev–Trinajstić information content (AvgIpc) is 2.26. The molecule has 1 heterocycles. The number of carbonyl (C=O) groups excluding carboxylic acids is 1. The van der Waals surface area contributed by atoms with E-state index in [1.807, 2.05) is 4.90 Å². The number of nitrogens with zero attached hydrogens (tertiary/aromatic N) is 2. The van der Waals surface area contributed by atoms with Crippen molar-refractivity contribution in [2.45, 2.75) is 13.8 Å². The molecule has 1 rings (SSSR count). The number of nitrogens with two attached hydrogens (primary N) is 2. The molecule has 0 saturated heterocycles. The van der Waals surface area contributed by atoms with Crippen molar-refractivity contribution in [1.82, 2.24) is 4.98 Å². The second-order valence-corrected chi connectivity index (χ2v) is 4.92. The number of hydrogen-bond acceptors (Lipinski definition) is 4. The van der Waals surface area contributed by atoms with E-state index in [2.05, 4.69) is 18.8 Å². The zero-order valence-electron chi connectivity index (χ0n) is 10.6. The Morgan fingerprint density at radius 1 is 1.50 bits per heavy atom. The van der Waals surface area contributed by atoms with Crippen molar-refractivity contribution in [2.24, 2.45) is 17.4 Å². The Labute approximate surface area is 112 Å². The summed E-state index contributed by atoms with van der Waals surface area (Å²) in [5.74, 6) is 0.568. The first-order chi connectivity index (χ1) is 8.41. The molecular weight excluding hydrogens is 248 g/mol. The Balaban J connectivity index is 3.11. The summed E-state index contributed by atoms with van der Waals surface area (Å²) in [4.78, 5) is 17.5. The van der Waals surface area contributed by atoms with Gasteiger partial charge in [-0.1, -0.05) is 26.1 Å². The van der Waals surface area contributed by atoms with Crippen molar-refractivity contribution in [3.63, 3.8) is 0 Å². The summed E-state index contributed by atoms with van der Waals surface area (Å²) in [6, 6.07) is 3.55. The summed E-state index contributed by atoms with van der Waals surface area (Å²) in [5.41, 5.74) is 11.6. The van der Waals surface area contributed by atoms with Gasteiger partial charge in [-0.15, -0.1) is 0 Å². The molecule has 0 saturated carbocycles. The van der Waals surface area contributed by atoms with E-state index >= 15 is 0 Å². The topological polar surface area (TPSA) is 85.2 Å². The number of anilines is 1. The quantitative estimate of drug-likeness (QED) is 0.739. The molecule has 0 aliphatic rings. The van der Waals surface area contributed by atoms with Gasteiger partial charge in [0.1, 0.15) is 10.8 Å². The van der Waals surface area contributed by atoms with Crippen LogP contribution in [0.5, 0.6) is 0 Å². The molecule has 0 aliphatic heterocycles. The third kappa shape index (κ3) is 3.96. The SMILES string of the molecule is CC(C)CN(CC(N)=O)c1ncccc1C(N)=S. The maximum Gasteiger partial charge on any atom is 0.236 e. The van der Waals surface area contributed by atoms with Gasteiger partial charge in [-0.3, -0.25) is 4.79 Å². The van der Waals surface area contributed by atoms with E-state index in [4.69, 9.17) is 23.7 Å². The van der Waals surface area contributed by atoms with Crippen LogP contribution in [0.3, 0.4) is 0 Å². The van der Waals surface area contributed by atoms with Gasteiger partial charge in [-0.25, -0.2) is 4.98 Å². The number of carbonyl (C=O) groups is 1. The minimum atomic E-state index is -0.407. The molecule has 0 spiro atoms. The molecule has 0 fully saturated rings. The van der Waals surface area contributed by atoms with Crippen LogP contribution in [0, 0.1) is 5.92 Å². The second-order valence-electron chi connectivity index (χ2n) is 4.48. The smallest absolute Gasteiger partial charge is 0.236 e. The van der Waals surface area contributed by atoms with Crippen LogP contribution < -0.4 is 16.4 Å². The Hall–Kier alpha value is -1.69. The first-order valence-corrected chi connectivity index (χ1v) is 6.10. The fraction of sp³-hybridized carbons (Fsp3) is 0.417. The lowest BCUT2D eigenvalue weighted by Crippen LogP contribution is -2.38. The number of pyridine rings is 1. The lowest BCUT2D eigenvalue weighted by molar-refractivity contribution is -0.116. The number of rotatable bonds is 6. The zero-order valence-corrected chi connectivity index (χ0v) is 11.4. The van der Waals surface area contributed by atoms with Crippen LogP contribution in [0.15, 0.2) is 18.3 Å². The van der Waals surface area contributed by atoms with Gasteiger partial charge in [0.25, 0.3) is 0 Å². The minimum absolute atomic E-state index is 0.102. The predicted octanol–water partition coefficient (Wildman–Crippen LogP) is 0.663. The van der Waals surface area contributed by atoms with E-state index in [0.717, 1.165) is 0 Å². The molecule has 98 valence electrons. The summed E-state index contributed by atoms with van der Waals surface area (Å²) in [6.45, 7) is 4.87. The van der Waals surface area contributed by atoms with Gasteiger partial charge >= 0.3 is 0 Å². The maximum absolute atomic E-state index is 11.1. The van der Waals surface area contributed by atoms with Crippen LogP contribution in [0.1, 0.15) is 19.4 Å². The van der Waals surface area contributed by atoms with Crippen molar-refractivity contribution in [3.05, 3.63) is 23.9 Å². The van der Waals surface area contributed by atoms with Crippen molar-refractivity contribution >= 4 is 28.9 Å². The highest BCUT2D eigenvalue weighted by Gasteiger charge is 2.17. The molecule has 1 aromatic rings. The van der Waals surface area contributed by atoms with Gasteiger partial charge in [0, 0.05) is 12.7 Å². The summed E-state index contributed by atoms with van der Waals surface area (Å²) in [6.07, 6.45) is 1.64. The Kier molecular flexibility index (Phi) is 5.03. The third-order valence-electron chi connectivity index (χ3n) is 2.28. The van der Waals surface area contributed by atoms with E-state index in [9.17, 15) is 4.79 Å². The van der Waals surface area contributed by atoms with Crippen LogP contribution in [-0.4, -0.2) is 29.0 Å². The zero-order chi connectivity index (χ0) is 13.7. The van der Waals surface area contributed by atoms with Gasteiger partial charge in [0.2, 0.25) is 5.91 Å². The second kappa shape index (κ2) is 6.30. The molecule has 0 unspecified atom stereocenters. The summed E-state index contributed by atoms with van der Waals surface area (Å²) in [7, 11) is 0. The minimum Gasteiger partial charge on any atom is -0.389 e. The standard InChI is InChI=1S/C12H18N4OS/c1-8(2)6-16(7-10(13)17)12-9(11(14)18)4-3-5-15-12/h3-5,8H,6-7H2,1-2H3,(H2,13,17)(H2,14,18). The van der Waals surface area contributed by atoms with Crippen LogP contribution in [0.2, 0.25) is 0 Å². The average molecular weight is 266 g/mol. The lowest BCUT2D eigenvalue weighted by Gasteiger charge is -2.25. The molecule has 4 N–H and O–H groups in total. The molecule has 18 heavy (non-hydrogen) atoms. The first kappa shape index (κ1) is 14.4. The highest BCUT2D eigenvalue weighted by Crippen LogP contribution is 2.18. The van der Waals surface area contributed by atoms with Gasteiger partial charge < -0.3 is 16.4 Å². The van der Waals surface area contributed by atoms with E-state index in [-0.39, 0.29) is 11.5 Å². The summed E-state index contributed by atoms with van der Waals surface area (Å²) in [5, 5.41) is 0. The van der Waals surface area contributed by atoms with E-state index in [1.54, 1.807) is 18.3 Å². The van der Waals surface area contributed by atoms with E-state index in [1.165, 1.54) is 0 Å². The monoisotopic (exact) mass is 266 g/mol. The third-order valence-corrected chi connectivity index (χ3v) is 2.50. The highest BCUT2D eigenvalue weighted by atomic mass is 32.1. The molecule has 0 radical (unpaired) electrons. The van der Waals surface area contributed by atoms with Gasteiger partial charge in [-0.2, -0.15) is 0 Å². The van der Waals surface area contributed by atoms with Crippen molar-refractivity contribution in [3.8, 4) is 0 Å². The molecular formula is C12H18N4OS. The number of primary amides is 1. The highest BCUT2D eigenvalue weighted by molar-refractivity contribution is 7.80. The Bertz CT molecular complexity index is 447. The molecule has 6 heteroatoms. The van der Waals surface area contributed by atoms with Crippen LogP contribution in [0.25, 0.3) is 0 Å². The molecule has 0 aliphatic carbocycles. The Morgan fingerprint density at radius 3 is 2.67 bits per heavy atom. The largest absolute Gasteiger partial charge is 0.389 e. The lowest BCUT2D eigenvalue weighted by atomic mass is 10.1. The number of aromatic nitrogens is 1. The number of hydrogen-bond donors (Lipinski definition) is 2. The molecule has 1 amide bonds. The number of amides is 1. The fourth-order valence-electron chi connectivity index (χ4n) is 1.70. The maximum atomic E-state index is 11.1. The normalized spacial score (nSPS) is 10.4. The number of thiocarbonyl (C=S) groups is 1. The molecule has 1 aromatic heterocycles. The van der Waals surface area contributed by atoms with Crippen LogP contribution >= 0.6 is 12.2 Å². The fourth-order valence-corrected chi connectivity index (χ4v) is 1.86. The van der Waals surface area contributed by atoms with Gasteiger partial charge in [0.05, 0.1) is 12.1 Å². The molecule has 5 nitrogen and oxygen atoms in total. The molecule has 0 atom stereocenters. The summed E-state index contributed by atoms with van der Waals surface area (Å²) < 4.78 is 0. The van der Waals surface area contributed by atoms with Gasteiger partial charge in [-0.05, 0) is 18.1 Å². The van der Waals surface area contributed by atoms with Crippen LogP contribution in [-0.2, 0) is 4.79 Å². The van der Waals surface area contributed by atoms with Crippen molar-refractivity contribution < 1.29 is 4.79 Å². The van der Waals surface area contributed by atoms with E-state index in [0.29, 0.717) is 23.8 Å². The first-order valence-electron chi connectivity index (χ1n) is 5.70. The van der Waals surface area contributed by atoms with Gasteiger partial charge in [0.15, 0.2) is 0 Å². The molecule has 0 bridgehead atoms. The predicted molar refractivity (Wildman–Crippen MR) is 76.4 cm³/mol. The van der Waals surface area contributed by atoms with Crippen molar-refractivity contribution in [1.29, 1.82) is 0 Å². The summed E-state index contributed by atoms with van der Waals surface area (Å²) >= 11 is 4.99. The van der Waals surface area contributed by atoms with Crippen molar-refractivity contribution in [2.75, 3.05) is 18.0 Å².